The van der Waals surface area contributed by atoms with Gasteiger partial charge in [0.1, 0.15) is 5.60 Å². The summed E-state index contributed by atoms with van der Waals surface area (Å²) >= 11 is 0. The zero-order chi connectivity index (χ0) is 13.1. The van der Waals surface area contributed by atoms with Gasteiger partial charge in [0.2, 0.25) is 0 Å². The molecule has 0 aromatic carbocycles. The molecular weight excluding hydrogens is 218 g/mol. The van der Waals surface area contributed by atoms with E-state index in [1.165, 1.54) is 13.5 Å². The van der Waals surface area contributed by atoms with Crippen molar-refractivity contribution < 1.29 is 14.6 Å². The number of hydrogen-bond donors (Lipinski definition) is 2. The molecule has 2 N–H and O–H groups in total. The number of amides is 1. The molecule has 2 atom stereocenters. The molecule has 0 spiro atoms. The first kappa shape index (κ1) is 14.5. The lowest BCUT2D eigenvalue weighted by molar-refractivity contribution is -0.143. The van der Waals surface area contributed by atoms with Gasteiger partial charge in [0.15, 0.2) is 0 Å². The molecule has 17 heavy (non-hydrogen) atoms. The Kier molecular flexibility index (Phi) is 4.55. The second-order valence-electron chi connectivity index (χ2n) is 5.81. The van der Waals surface area contributed by atoms with Crippen LogP contribution in [0.5, 0.6) is 0 Å². The Bertz CT molecular complexity index is 278. The van der Waals surface area contributed by atoms with Gasteiger partial charge in [-0.1, -0.05) is 19.8 Å². The summed E-state index contributed by atoms with van der Waals surface area (Å²) in [4.78, 5) is 12.1. The summed E-state index contributed by atoms with van der Waals surface area (Å²) in [6.07, 6.45) is 3.91. The van der Waals surface area contributed by atoms with Crippen LogP contribution in [0.1, 0.15) is 46.5 Å². The van der Waals surface area contributed by atoms with Crippen LogP contribution in [-0.4, -0.2) is 35.9 Å². The molecule has 1 aliphatic carbocycles. The van der Waals surface area contributed by atoms with Crippen LogP contribution in [0.15, 0.2) is 0 Å². The van der Waals surface area contributed by atoms with Crippen LogP contribution in [-0.2, 0) is 9.53 Å². The summed E-state index contributed by atoms with van der Waals surface area (Å²) in [5.41, 5.74) is -1.30. The Morgan fingerprint density at radius 1 is 1.59 bits per heavy atom. The zero-order valence-electron chi connectivity index (χ0n) is 11.4. The number of aliphatic hydroxyl groups excluding tert-OH is 1. The summed E-state index contributed by atoms with van der Waals surface area (Å²) < 4.78 is 5.16. The minimum Gasteiger partial charge on any atom is -0.394 e. The maximum absolute atomic E-state index is 12.1. The molecule has 4 nitrogen and oxygen atoms in total. The van der Waals surface area contributed by atoms with Crippen molar-refractivity contribution in [3.8, 4) is 0 Å². The number of carbonyl (C=O) groups excluding carboxylic acids is 1. The SMILES string of the molecule is COC(C)(C)C(=O)NC1(CO)CCCC(C)C1. The van der Waals surface area contributed by atoms with E-state index in [2.05, 4.69) is 12.2 Å². The van der Waals surface area contributed by atoms with E-state index in [1.807, 2.05) is 0 Å². The molecule has 0 heterocycles. The van der Waals surface area contributed by atoms with Gasteiger partial charge in [-0.2, -0.15) is 0 Å². The highest BCUT2D eigenvalue weighted by atomic mass is 16.5. The lowest BCUT2D eigenvalue weighted by atomic mass is 9.76. The van der Waals surface area contributed by atoms with Gasteiger partial charge < -0.3 is 15.2 Å². The predicted molar refractivity (Wildman–Crippen MR) is 66.7 cm³/mol. The van der Waals surface area contributed by atoms with Gasteiger partial charge in [-0.3, -0.25) is 4.79 Å². The van der Waals surface area contributed by atoms with Gasteiger partial charge in [0, 0.05) is 7.11 Å². The van der Waals surface area contributed by atoms with E-state index in [9.17, 15) is 9.90 Å². The summed E-state index contributed by atoms with van der Waals surface area (Å²) in [6.45, 7) is 5.64. The molecule has 0 aromatic heterocycles. The third-order valence-corrected chi connectivity index (χ3v) is 3.83. The first-order valence-electron chi connectivity index (χ1n) is 6.34. The lowest BCUT2D eigenvalue weighted by Crippen LogP contribution is -2.58. The predicted octanol–water partition coefficient (Wildman–Crippen LogP) is 1.47. The Morgan fingerprint density at radius 3 is 2.71 bits per heavy atom. The molecule has 0 aliphatic heterocycles. The van der Waals surface area contributed by atoms with Crippen LogP contribution in [0.25, 0.3) is 0 Å². The molecule has 0 saturated heterocycles. The summed E-state index contributed by atoms with van der Waals surface area (Å²) in [5, 5.41) is 12.6. The quantitative estimate of drug-likeness (QED) is 0.786. The van der Waals surface area contributed by atoms with Gasteiger partial charge in [-0.25, -0.2) is 0 Å². The van der Waals surface area contributed by atoms with E-state index in [-0.39, 0.29) is 12.5 Å². The van der Waals surface area contributed by atoms with Crippen LogP contribution in [0, 0.1) is 5.92 Å². The Balaban J connectivity index is 2.72. The van der Waals surface area contributed by atoms with Gasteiger partial charge in [-0.05, 0) is 32.6 Å². The molecule has 1 amide bonds. The second-order valence-corrected chi connectivity index (χ2v) is 5.81. The first-order valence-corrected chi connectivity index (χ1v) is 6.34. The fourth-order valence-electron chi connectivity index (χ4n) is 2.44. The van der Waals surface area contributed by atoms with Crippen LogP contribution >= 0.6 is 0 Å². The molecule has 1 aliphatic rings. The molecule has 1 fully saturated rings. The molecule has 1 rings (SSSR count). The number of aliphatic hydroxyl groups is 1. The van der Waals surface area contributed by atoms with Crippen molar-refractivity contribution in [1.29, 1.82) is 0 Å². The van der Waals surface area contributed by atoms with E-state index < -0.39 is 11.1 Å². The largest absolute Gasteiger partial charge is 0.394 e. The number of methoxy groups -OCH3 is 1. The number of hydrogen-bond acceptors (Lipinski definition) is 3. The van der Waals surface area contributed by atoms with Crippen LogP contribution in [0.2, 0.25) is 0 Å². The maximum atomic E-state index is 12.1. The van der Waals surface area contributed by atoms with Crippen molar-refractivity contribution in [3.63, 3.8) is 0 Å². The van der Waals surface area contributed by atoms with Crippen molar-refractivity contribution in [2.24, 2.45) is 5.92 Å². The fraction of sp³-hybridized carbons (Fsp3) is 0.923. The maximum Gasteiger partial charge on any atom is 0.252 e. The fourth-order valence-corrected chi connectivity index (χ4v) is 2.44. The third kappa shape index (κ3) is 3.42. The van der Waals surface area contributed by atoms with Gasteiger partial charge in [0.05, 0.1) is 12.1 Å². The Labute approximate surface area is 104 Å². The topological polar surface area (TPSA) is 58.6 Å². The normalized spacial score (nSPS) is 30.1. The van der Waals surface area contributed by atoms with Crippen molar-refractivity contribution >= 4 is 5.91 Å². The minimum absolute atomic E-state index is 0.00285. The van der Waals surface area contributed by atoms with Crippen molar-refractivity contribution in [2.45, 2.75) is 57.6 Å². The Morgan fingerprint density at radius 2 is 2.24 bits per heavy atom. The van der Waals surface area contributed by atoms with Crippen molar-refractivity contribution in [3.05, 3.63) is 0 Å². The van der Waals surface area contributed by atoms with E-state index >= 15 is 0 Å². The second kappa shape index (κ2) is 5.36. The molecule has 100 valence electrons. The average Bonchev–Trinajstić information content (AvgIpc) is 2.29. The van der Waals surface area contributed by atoms with E-state index in [1.54, 1.807) is 13.8 Å². The van der Waals surface area contributed by atoms with E-state index in [4.69, 9.17) is 4.74 Å². The molecule has 4 heteroatoms. The average molecular weight is 243 g/mol. The molecule has 0 radical (unpaired) electrons. The first-order chi connectivity index (χ1) is 7.85. The standard InChI is InChI=1S/C13H25NO3/c1-10-6-5-7-13(8-10,9-15)14-11(16)12(2,3)17-4/h10,15H,5-9H2,1-4H3,(H,14,16). The van der Waals surface area contributed by atoms with Gasteiger partial charge in [0.25, 0.3) is 5.91 Å². The monoisotopic (exact) mass is 243 g/mol. The number of carbonyl (C=O) groups is 1. The Hall–Kier alpha value is -0.610. The summed E-state index contributed by atoms with van der Waals surface area (Å²) in [7, 11) is 1.52. The van der Waals surface area contributed by atoms with Crippen molar-refractivity contribution in [1.82, 2.24) is 5.32 Å². The highest BCUT2D eigenvalue weighted by Gasteiger charge is 2.39. The number of ether oxygens (including phenoxy) is 1. The van der Waals surface area contributed by atoms with Gasteiger partial charge >= 0.3 is 0 Å². The number of nitrogens with one attached hydrogen (secondary N) is 1. The van der Waals surface area contributed by atoms with Crippen LogP contribution < -0.4 is 5.32 Å². The summed E-state index contributed by atoms with van der Waals surface area (Å²) in [5.74, 6) is 0.394. The smallest absolute Gasteiger partial charge is 0.252 e. The molecule has 2 unspecified atom stereocenters. The minimum atomic E-state index is -0.844. The highest BCUT2D eigenvalue weighted by Crippen LogP contribution is 2.32. The van der Waals surface area contributed by atoms with Crippen LogP contribution in [0.4, 0.5) is 0 Å². The molecular formula is C13H25NO3. The summed E-state index contributed by atoms with van der Waals surface area (Å²) in [6, 6.07) is 0. The zero-order valence-corrected chi connectivity index (χ0v) is 11.4. The third-order valence-electron chi connectivity index (χ3n) is 3.83. The molecule has 0 bridgehead atoms. The molecule has 0 aromatic rings. The van der Waals surface area contributed by atoms with Gasteiger partial charge in [-0.15, -0.1) is 0 Å². The molecule has 1 saturated carbocycles. The van der Waals surface area contributed by atoms with E-state index in [0.717, 1.165) is 19.3 Å². The highest BCUT2D eigenvalue weighted by molar-refractivity contribution is 5.85. The number of rotatable bonds is 4. The van der Waals surface area contributed by atoms with Crippen molar-refractivity contribution in [2.75, 3.05) is 13.7 Å². The van der Waals surface area contributed by atoms with E-state index in [0.29, 0.717) is 5.92 Å². The van der Waals surface area contributed by atoms with Crippen LogP contribution in [0.3, 0.4) is 0 Å². The lowest BCUT2D eigenvalue weighted by Gasteiger charge is -2.41.